The molecule has 0 spiro atoms. The zero-order valence-corrected chi connectivity index (χ0v) is 21.8. The minimum absolute atomic E-state index is 0.175. The second-order valence-electron chi connectivity index (χ2n) is 9.88. The van der Waals surface area contributed by atoms with Crippen LogP contribution in [0.3, 0.4) is 0 Å². The van der Waals surface area contributed by atoms with Gasteiger partial charge >= 0.3 is 12.1 Å². The molecule has 2 aromatic carbocycles. The molecule has 1 saturated heterocycles. The van der Waals surface area contributed by atoms with E-state index in [9.17, 15) is 23.1 Å². The van der Waals surface area contributed by atoms with Crippen molar-refractivity contribution in [1.29, 1.82) is 0 Å². The Balaban J connectivity index is 1.41. The average Bonchev–Trinajstić information content (AvgIpc) is 2.93. The van der Waals surface area contributed by atoms with E-state index in [1.54, 1.807) is 24.5 Å². The van der Waals surface area contributed by atoms with Gasteiger partial charge in [0.25, 0.3) is 0 Å². The molecule has 2 unspecified atom stereocenters. The molecule has 1 aliphatic rings. The van der Waals surface area contributed by atoms with Gasteiger partial charge in [-0.25, -0.2) is 0 Å². The Hall–Kier alpha value is -3.31. The van der Waals surface area contributed by atoms with Gasteiger partial charge in [0.05, 0.1) is 0 Å². The van der Waals surface area contributed by atoms with Crippen molar-refractivity contribution in [2.75, 3.05) is 32.8 Å². The Bertz CT molecular complexity index is 1220. The number of carbonyl (C=O) groups is 1. The standard InChI is InChI=1S/C29H33F3N4O3/c1-28(38,29(30,31)32)25-8-6-24(7-9-25)23-4-2-21(3-5-23)18-35-15-16-36(19-22-10-13-34-14-11-22)26(20-35)27(37)39-17-12-33/h2-11,13-14,26,38H,12,15-20,33H2,1H3. The van der Waals surface area contributed by atoms with Crippen LogP contribution in [0, 0.1) is 0 Å². The fourth-order valence-electron chi connectivity index (χ4n) is 4.62. The quantitative estimate of drug-likeness (QED) is 0.399. The van der Waals surface area contributed by atoms with Gasteiger partial charge in [0.15, 0.2) is 5.60 Å². The number of alkyl halides is 3. The predicted octanol–water partition coefficient (Wildman–Crippen LogP) is 3.71. The molecule has 1 fully saturated rings. The van der Waals surface area contributed by atoms with Crippen LogP contribution in [0.15, 0.2) is 73.1 Å². The number of piperazine rings is 1. The molecule has 7 nitrogen and oxygen atoms in total. The second-order valence-corrected chi connectivity index (χ2v) is 9.88. The molecule has 2 atom stereocenters. The fraction of sp³-hybridized carbons (Fsp3) is 0.379. The number of benzene rings is 2. The zero-order valence-electron chi connectivity index (χ0n) is 21.8. The van der Waals surface area contributed by atoms with Crippen molar-refractivity contribution in [1.82, 2.24) is 14.8 Å². The van der Waals surface area contributed by atoms with Crippen molar-refractivity contribution >= 4 is 5.97 Å². The van der Waals surface area contributed by atoms with Crippen LogP contribution in [0.2, 0.25) is 0 Å². The monoisotopic (exact) mass is 542 g/mol. The molecule has 4 rings (SSSR count). The summed E-state index contributed by atoms with van der Waals surface area (Å²) in [5.74, 6) is -0.289. The summed E-state index contributed by atoms with van der Waals surface area (Å²) in [6.07, 6.45) is -1.30. The number of nitrogens with two attached hydrogens (primary N) is 1. The third-order valence-corrected chi connectivity index (χ3v) is 7.04. The van der Waals surface area contributed by atoms with Gasteiger partial charge in [-0.3, -0.25) is 19.6 Å². The van der Waals surface area contributed by atoms with Gasteiger partial charge in [-0.2, -0.15) is 13.2 Å². The summed E-state index contributed by atoms with van der Waals surface area (Å²) in [5.41, 5.74) is 6.12. The Morgan fingerprint density at radius 1 is 0.974 bits per heavy atom. The molecular formula is C29H33F3N4O3. The largest absolute Gasteiger partial charge is 0.463 e. The summed E-state index contributed by atoms with van der Waals surface area (Å²) in [7, 11) is 0. The van der Waals surface area contributed by atoms with Crippen molar-refractivity contribution < 1.29 is 27.8 Å². The first-order valence-electron chi connectivity index (χ1n) is 12.8. The first kappa shape index (κ1) is 28.7. The zero-order chi connectivity index (χ0) is 28.0. The molecule has 0 radical (unpaired) electrons. The number of aliphatic hydroxyl groups is 1. The molecule has 0 aliphatic carbocycles. The van der Waals surface area contributed by atoms with Gasteiger partial charge in [0.1, 0.15) is 12.6 Å². The van der Waals surface area contributed by atoms with Crippen molar-refractivity contribution in [3.05, 3.63) is 89.7 Å². The Kier molecular flexibility index (Phi) is 9.01. The Labute approximate surface area is 226 Å². The van der Waals surface area contributed by atoms with Crippen LogP contribution in [0.1, 0.15) is 23.6 Å². The molecule has 0 saturated carbocycles. The van der Waals surface area contributed by atoms with Crippen molar-refractivity contribution in [2.24, 2.45) is 5.73 Å². The third-order valence-electron chi connectivity index (χ3n) is 7.04. The maximum atomic E-state index is 13.1. The topological polar surface area (TPSA) is 91.9 Å². The number of aromatic nitrogens is 1. The van der Waals surface area contributed by atoms with Gasteiger partial charge in [-0.1, -0.05) is 48.5 Å². The van der Waals surface area contributed by atoms with Crippen LogP contribution in [0.4, 0.5) is 13.2 Å². The van der Waals surface area contributed by atoms with E-state index in [2.05, 4.69) is 14.8 Å². The highest BCUT2D eigenvalue weighted by atomic mass is 19.4. The van der Waals surface area contributed by atoms with Crippen LogP contribution in [-0.2, 0) is 28.2 Å². The van der Waals surface area contributed by atoms with Gasteiger partial charge in [-0.05, 0) is 46.9 Å². The van der Waals surface area contributed by atoms with Crippen LogP contribution in [-0.4, -0.2) is 70.9 Å². The van der Waals surface area contributed by atoms with Crippen molar-refractivity contribution in [2.45, 2.75) is 37.8 Å². The van der Waals surface area contributed by atoms with Crippen molar-refractivity contribution in [3.63, 3.8) is 0 Å². The molecule has 208 valence electrons. The van der Waals surface area contributed by atoms with Gasteiger partial charge in [0.2, 0.25) is 0 Å². The number of pyridine rings is 1. The molecule has 3 aromatic rings. The highest BCUT2D eigenvalue weighted by Crippen LogP contribution is 2.39. The molecule has 1 aromatic heterocycles. The molecule has 3 N–H and O–H groups in total. The highest BCUT2D eigenvalue weighted by Gasteiger charge is 2.51. The lowest BCUT2D eigenvalue weighted by atomic mass is 9.93. The smallest absolute Gasteiger partial charge is 0.421 e. The van der Waals surface area contributed by atoms with E-state index in [4.69, 9.17) is 10.5 Å². The van der Waals surface area contributed by atoms with Crippen LogP contribution >= 0.6 is 0 Å². The average molecular weight is 543 g/mol. The number of hydrogen-bond donors (Lipinski definition) is 2. The number of rotatable bonds is 9. The summed E-state index contributed by atoms with van der Waals surface area (Å²) < 4.78 is 44.8. The molecule has 0 bridgehead atoms. The number of esters is 1. The number of ether oxygens (including phenoxy) is 1. The summed E-state index contributed by atoms with van der Waals surface area (Å²) in [5, 5.41) is 9.89. The third kappa shape index (κ3) is 7.02. The normalized spacial score (nSPS) is 18.5. The minimum Gasteiger partial charge on any atom is -0.463 e. The SMILES string of the molecule is CC(O)(c1ccc(-c2ccc(CN3CCN(Cc4ccncc4)C(C(=O)OCCN)C3)cc2)cc1)C(F)(F)F. The summed E-state index contributed by atoms with van der Waals surface area (Å²) in [6.45, 7) is 4.42. The second kappa shape index (κ2) is 12.3. The minimum atomic E-state index is -4.76. The van der Waals surface area contributed by atoms with Crippen LogP contribution in [0.25, 0.3) is 11.1 Å². The van der Waals surface area contributed by atoms with E-state index in [-0.39, 0.29) is 24.7 Å². The Morgan fingerprint density at radius 2 is 1.56 bits per heavy atom. The summed E-state index contributed by atoms with van der Waals surface area (Å²) in [6, 6.07) is 17.0. The highest BCUT2D eigenvalue weighted by molar-refractivity contribution is 5.76. The molecule has 0 amide bonds. The van der Waals surface area contributed by atoms with Gasteiger partial charge < -0.3 is 15.6 Å². The number of hydrogen-bond acceptors (Lipinski definition) is 7. The van der Waals surface area contributed by atoms with E-state index in [0.717, 1.165) is 35.7 Å². The van der Waals surface area contributed by atoms with Gasteiger partial charge in [0, 0.05) is 51.7 Å². The van der Waals surface area contributed by atoms with E-state index < -0.39 is 17.8 Å². The lowest BCUT2D eigenvalue weighted by Crippen LogP contribution is -2.56. The molecule has 2 heterocycles. The van der Waals surface area contributed by atoms with E-state index in [1.165, 1.54) is 12.1 Å². The summed E-state index contributed by atoms with van der Waals surface area (Å²) in [4.78, 5) is 21.2. The molecular weight excluding hydrogens is 509 g/mol. The number of halogens is 3. The maximum absolute atomic E-state index is 13.1. The predicted molar refractivity (Wildman–Crippen MR) is 141 cm³/mol. The molecule has 10 heteroatoms. The molecule has 39 heavy (non-hydrogen) atoms. The van der Waals surface area contributed by atoms with E-state index in [1.807, 2.05) is 36.4 Å². The number of nitrogens with zero attached hydrogens (tertiary/aromatic N) is 3. The lowest BCUT2D eigenvalue weighted by molar-refractivity contribution is -0.258. The summed E-state index contributed by atoms with van der Waals surface area (Å²) >= 11 is 0. The van der Waals surface area contributed by atoms with E-state index in [0.29, 0.717) is 26.2 Å². The first-order valence-corrected chi connectivity index (χ1v) is 12.8. The first-order chi connectivity index (χ1) is 18.6. The maximum Gasteiger partial charge on any atom is 0.421 e. The fourth-order valence-corrected chi connectivity index (χ4v) is 4.62. The van der Waals surface area contributed by atoms with Crippen molar-refractivity contribution in [3.8, 4) is 11.1 Å². The Morgan fingerprint density at radius 3 is 2.15 bits per heavy atom. The number of carbonyl (C=O) groups excluding carboxylic acids is 1. The lowest BCUT2D eigenvalue weighted by Gasteiger charge is -2.40. The van der Waals surface area contributed by atoms with Gasteiger partial charge in [-0.15, -0.1) is 0 Å². The molecule has 1 aliphatic heterocycles. The van der Waals surface area contributed by atoms with Crippen LogP contribution < -0.4 is 5.73 Å². The van der Waals surface area contributed by atoms with E-state index >= 15 is 0 Å². The van der Waals surface area contributed by atoms with Crippen LogP contribution in [0.5, 0.6) is 0 Å².